The van der Waals surface area contributed by atoms with Crippen molar-refractivity contribution in [3.63, 3.8) is 0 Å². The largest absolute Gasteiger partial charge is 0.309 e. The molecule has 26 heavy (non-hydrogen) atoms. The summed E-state index contributed by atoms with van der Waals surface area (Å²) in [5, 5.41) is 0. The fourth-order valence-electron chi connectivity index (χ4n) is 4.58. The summed E-state index contributed by atoms with van der Waals surface area (Å²) in [6.07, 6.45) is 18.9. The van der Waals surface area contributed by atoms with Crippen LogP contribution in [-0.2, 0) is 0 Å². The minimum atomic E-state index is -0.0547. The highest BCUT2D eigenvalue weighted by molar-refractivity contribution is 5.03. The first-order valence-electron chi connectivity index (χ1n) is 9.51. The lowest BCUT2D eigenvalue weighted by Crippen LogP contribution is -2.65. The van der Waals surface area contributed by atoms with Crippen LogP contribution in [0.3, 0.4) is 0 Å². The molecule has 0 aliphatic rings. The highest BCUT2D eigenvalue weighted by atomic mass is 15.4. The van der Waals surface area contributed by atoms with E-state index in [9.17, 15) is 0 Å². The second-order valence-corrected chi connectivity index (χ2v) is 7.74. The molecule has 0 saturated carbocycles. The zero-order chi connectivity index (χ0) is 20.1. The van der Waals surface area contributed by atoms with E-state index in [4.69, 9.17) is 0 Å². The molecule has 0 aliphatic carbocycles. The van der Waals surface area contributed by atoms with Gasteiger partial charge in [-0.1, -0.05) is 51.0 Å². The van der Waals surface area contributed by atoms with E-state index in [2.05, 4.69) is 53.0 Å². The third-order valence-corrected chi connectivity index (χ3v) is 5.52. The van der Waals surface area contributed by atoms with Gasteiger partial charge in [0.2, 0.25) is 0 Å². The SMILES string of the molecule is C=CCC(C)(CC=C)CC(CC=C)(CC=C)[N+](CC=C)(CC=C)CC=C. The first kappa shape index (κ1) is 24.1. The monoisotopic (exact) mass is 354 g/mol. The summed E-state index contributed by atoms with van der Waals surface area (Å²) >= 11 is 0. The molecule has 0 aromatic rings. The van der Waals surface area contributed by atoms with Crippen molar-refractivity contribution in [2.45, 2.75) is 44.6 Å². The summed E-state index contributed by atoms with van der Waals surface area (Å²) in [7, 11) is 0. The Morgan fingerprint density at radius 2 is 0.923 bits per heavy atom. The molecule has 0 N–H and O–H groups in total. The molecule has 0 heterocycles. The maximum absolute atomic E-state index is 4.08. The predicted molar refractivity (Wildman–Crippen MR) is 120 cm³/mol. The van der Waals surface area contributed by atoms with Gasteiger partial charge in [0.15, 0.2) is 0 Å². The Hall–Kier alpha value is -1.86. The molecule has 0 amide bonds. The molecule has 0 fully saturated rings. The van der Waals surface area contributed by atoms with Crippen LogP contribution in [0.25, 0.3) is 0 Å². The highest BCUT2D eigenvalue weighted by Gasteiger charge is 2.50. The van der Waals surface area contributed by atoms with Crippen molar-refractivity contribution in [3.05, 3.63) is 88.6 Å². The maximum Gasteiger partial charge on any atom is 0.107 e. The number of hydrogen-bond donors (Lipinski definition) is 0. The molecule has 0 aromatic carbocycles. The molecule has 0 radical (unpaired) electrons. The smallest absolute Gasteiger partial charge is 0.107 e. The quantitative estimate of drug-likeness (QED) is 0.199. The molecule has 1 nitrogen and oxygen atoms in total. The topological polar surface area (TPSA) is 0 Å². The van der Waals surface area contributed by atoms with E-state index in [0.717, 1.165) is 56.2 Å². The Labute approximate surface area is 163 Å². The molecule has 0 saturated heterocycles. The van der Waals surface area contributed by atoms with Crippen LogP contribution >= 0.6 is 0 Å². The fraction of sp³-hybridized carbons (Fsp3) is 0.440. The van der Waals surface area contributed by atoms with Crippen LogP contribution in [-0.4, -0.2) is 29.7 Å². The molecule has 0 aliphatic heterocycles. The van der Waals surface area contributed by atoms with E-state index in [1.54, 1.807) is 0 Å². The van der Waals surface area contributed by atoms with E-state index >= 15 is 0 Å². The second-order valence-electron chi connectivity index (χ2n) is 7.74. The Morgan fingerprint density at radius 1 is 0.577 bits per heavy atom. The van der Waals surface area contributed by atoms with Gasteiger partial charge in [-0.3, -0.25) is 0 Å². The van der Waals surface area contributed by atoms with Crippen LogP contribution in [0.1, 0.15) is 39.0 Å². The third kappa shape index (κ3) is 5.85. The maximum atomic E-state index is 4.08. The van der Waals surface area contributed by atoms with Crippen molar-refractivity contribution in [2.75, 3.05) is 19.6 Å². The van der Waals surface area contributed by atoms with Crippen LogP contribution in [0.2, 0.25) is 0 Å². The molecule has 0 aromatic heterocycles. The van der Waals surface area contributed by atoms with Gasteiger partial charge in [0, 0.05) is 19.3 Å². The molecule has 0 spiro atoms. The van der Waals surface area contributed by atoms with Crippen LogP contribution < -0.4 is 0 Å². The molecule has 0 rings (SSSR count). The number of hydrogen-bond acceptors (Lipinski definition) is 0. The van der Waals surface area contributed by atoms with E-state index in [1.807, 2.05) is 42.5 Å². The van der Waals surface area contributed by atoms with E-state index in [-0.39, 0.29) is 11.0 Å². The molecule has 1 heteroatoms. The summed E-state index contributed by atoms with van der Waals surface area (Å²) in [4.78, 5) is 0. The number of quaternary nitrogens is 1. The number of allylic oxidation sites excluding steroid dienone is 2. The Kier molecular flexibility index (Phi) is 10.9. The minimum Gasteiger partial charge on any atom is -0.309 e. The first-order valence-corrected chi connectivity index (χ1v) is 9.51. The van der Waals surface area contributed by atoms with Gasteiger partial charge in [0.1, 0.15) is 5.54 Å². The second kappa shape index (κ2) is 11.7. The van der Waals surface area contributed by atoms with Gasteiger partial charge in [-0.05, 0) is 36.5 Å². The lowest BCUT2D eigenvalue weighted by atomic mass is 9.68. The van der Waals surface area contributed by atoms with Gasteiger partial charge in [-0.25, -0.2) is 0 Å². The van der Waals surface area contributed by atoms with Gasteiger partial charge in [-0.2, -0.15) is 0 Å². The lowest BCUT2D eigenvalue weighted by Gasteiger charge is -2.55. The van der Waals surface area contributed by atoms with E-state index < -0.39 is 0 Å². The molecular formula is C25H40N+. The number of rotatable bonds is 17. The average Bonchev–Trinajstić information content (AvgIpc) is 2.56. The lowest BCUT2D eigenvalue weighted by molar-refractivity contribution is -0.962. The third-order valence-electron chi connectivity index (χ3n) is 5.52. The average molecular weight is 355 g/mol. The highest BCUT2D eigenvalue weighted by Crippen LogP contribution is 2.46. The first-order chi connectivity index (χ1) is 12.4. The van der Waals surface area contributed by atoms with Gasteiger partial charge in [0.25, 0.3) is 0 Å². The Balaban J connectivity index is 6.52. The normalized spacial score (nSPS) is 12.0. The zero-order valence-electron chi connectivity index (χ0n) is 17.1. The van der Waals surface area contributed by atoms with Crippen molar-refractivity contribution in [1.29, 1.82) is 0 Å². The van der Waals surface area contributed by atoms with Crippen LogP contribution in [0, 0.1) is 5.41 Å². The van der Waals surface area contributed by atoms with Gasteiger partial charge in [-0.15, -0.1) is 26.3 Å². The Morgan fingerprint density at radius 3 is 1.19 bits per heavy atom. The molecule has 0 unspecified atom stereocenters. The molecular weight excluding hydrogens is 314 g/mol. The van der Waals surface area contributed by atoms with Crippen LogP contribution in [0.5, 0.6) is 0 Å². The van der Waals surface area contributed by atoms with Crippen molar-refractivity contribution >= 4 is 0 Å². The van der Waals surface area contributed by atoms with Crippen molar-refractivity contribution in [1.82, 2.24) is 0 Å². The van der Waals surface area contributed by atoms with Crippen molar-refractivity contribution in [2.24, 2.45) is 5.41 Å². The van der Waals surface area contributed by atoms with Gasteiger partial charge >= 0.3 is 0 Å². The molecule has 0 atom stereocenters. The van der Waals surface area contributed by atoms with E-state index in [0.29, 0.717) is 0 Å². The van der Waals surface area contributed by atoms with Crippen molar-refractivity contribution < 1.29 is 4.48 Å². The summed E-state index contributed by atoms with van der Waals surface area (Å²) in [5.41, 5.74) is 0.0311. The summed E-state index contributed by atoms with van der Waals surface area (Å²) in [6, 6.07) is 0. The Bertz CT molecular complexity index is 462. The van der Waals surface area contributed by atoms with Crippen molar-refractivity contribution in [3.8, 4) is 0 Å². The zero-order valence-corrected chi connectivity index (χ0v) is 17.1. The van der Waals surface area contributed by atoms with Gasteiger partial charge in [0.05, 0.1) is 19.6 Å². The van der Waals surface area contributed by atoms with Crippen LogP contribution in [0.4, 0.5) is 0 Å². The summed E-state index contributed by atoms with van der Waals surface area (Å²) in [6.45, 7) is 33.2. The van der Waals surface area contributed by atoms with E-state index in [1.165, 1.54) is 0 Å². The predicted octanol–water partition coefficient (Wildman–Crippen LogP) is 6.80. The minimum absolute atomic E-state index is 0.0547. The van der Waals surface area contributed by atoms with Gasteiger partial charge < -0.3 is 4.48 Å². The molecule has 0 bridgehead atoms. The summed E-state index contributed by atoms with van der Waals surface area (Å²) < 4.78 is 0.839. The fourth-order valence-corrected chi connectivity index (χ4v) is 4.58. The standard InChI is InChI=1S/C25H40N/c1-9-16-24(8,17-10-2)23-25(18-11-3,19-12-4)26(20-13-5,21-14-6)22-15-7/h9-15H,1-7,16-23H2,8H3/q+1. The van der Waals surface area contributed by atoms with Crippen LogP contribution in [0.15, 0.2) is 88.6 Å². The number of nitrogens with zero attached hydrogens (tertiary/aromatic N) is 1. The molecule has 144 valence electrons. The summed E-state index contributed by atoms with van der Waals surface area (Å²) in [5.74, 6) is 0.